The summed E-state index contributed by atoms with van der Waals surface area (Å²) in [4.78, 5) is 23.3. The third-order valence-electron chi connectivity index (χ3n) is 4.03. The van der Waals surface area contributed by atoms with E-state index in [1.54, 1.807) is 6.92 Å². The zero-order valence-electron chi connectivity index (χ0n) is 14.0. The van der Waals surface area contributed by atoms with Gasteiger partial charge in [0.2, 0.25) is 0 Å². The molecule has 0 radical (unpaired) electrons. The van der Waals surface area contributed by atoms with Crippen molar-refractivity contribution in [2.45, 2.75) is 19.4 Å². The van der Waals surface area contributed by atoms with Crippen molar-refractivity contribution in [1.82, 2.24) is 5.32 Å². The van der Waals surface area contributed by atoms with Crippen LogP contribution in [-0.2, 0) is 0 Å². The molecule has 1 amide bonds. The quantitative estimate of drug-likeness (QED) is 0.582. The Balaban J connectivity index is 1.84. The lowest BCUT2D eigenvalue weighted by molar-refractivity contribution is -0.385. The molecule has 7 nitrogen and oxygen atoms in total. The normalized spacial score (nSPS) is 15.5. The maximum Gasteiger partial charge on any atom is 0.311 e. The lowest BCUT2D eigenvalue weighted by Crippen LogP contribution is -2.32. The standard InChI is InChI=1S/C18H17BrN2O5/c1-2-25-17-5-3-11(9-15(17)21(23)24)18(22)20-14-7-8-26-16-6-4-12(19)10-13(14)16/h3-6,9-10,14H,2,7-8H2,1H3,(H,20,22). The fourth-order valence-corrected chi connectivity index (χ4v) is 3.21. The molecule has 0 spiro atoms. The van der Waals surface area contributed by atoms with E-state index in [0.29, 0.717) is 19.6 Å². The van der Waals surface area contributed by atoms with Crippen molar-refractivity contribution in [2.75, 3.05) is 13.2 Å². The lowest BCUT2D eigenvalue weighted by atomic mass is 10.00. The summed E-state index contributed by atoms with van der Waals surface area (Å²) in [6, 6.07) is 9.61. The maximum atomic E-state index is 12.6. The third kappa shape index (κ3) is 3.80. The number of fused-ring (bicyclic) bond motifs is 1. The van der Waals surface area contributed by atoms with Crippen LogP contribution in [0.4, 0.5) is 5.69 Å². The number of rotatable bonds is 5. The van der Waals surface area contributed by atoms with Crippen molar-refractivity contribution < 1.29 is 19.2 Å². The molecule has 0 aromatic heterocycles. The fraction of sp³-hybridized carbons (Fsp3) is 0.278. The van der Waals surface area contributed by atoms with Crippen molar-refractivity contribution in [3.8, 4) is 11.5 Å². The molecule has 1 aliphatic rings. The van der Waals surface area contributed by atoms with Gasteiger partial charge in [-0.1, -0.05) is 15.9 Å². The molecule has 2 aromatic carbocycles. The summed E-state index contributed by atoms with van der Waals surface area (Å²) in [5.41, 5.74) is 0.859. The Bertz CT molecular complexity index is 855. The van der Waals surface area contributed by atoms with E-state index >= 15 is 0 Å². The van der Waals surface area contributed by atoms with E-state index in [9.17, 15) is 14.9 Å². The van der Waals surface area contributed by atoms with Crippen molar-refractivity contribution in [1.29, 1.82) is 0 Å². The number of halogens is 1. The van der Waals surface area contributed by atoms with Gasteiger partial charge in [0.1, 0.15) is 5.75 Å². The largest absolute Gasteiger partial charge is 0.493 e. The minimum absolute atomic E-state index is 0.148. The van der Waals surface area contributed by atoms with Gasteiger partial charge in [-0.15, -0.1) is 0 Å². The van der Waals surface area contributed by atoms with E-state index in [1.807, 2.05) is 18.2 Å². The number of carbonyl (C=O) groups is 1. The summed E-state index contributed by atoms with van der Waals surface area (Å²) < 4.78 is 11.7. The van der Waals surface area contributed by atoms with Crippen LogP contribution in [0.25, 0.3) is 0 Å². The SMILES string of the molecule is CCOc1ccc(C(=O)NC2CCOc3ccc(Br)cc32)cc1[N+](=O)[O-]. The monoisotopic (exact) mass is 420 g/mol. The predicted octanol–water partition coefficient (Wildman–Crippen LogP) is 4.01. The molecule has 0 saturated carbocycles. The van der Waals surface area contributed by atoms with Crippen LogP contribution in [-0.4, -0.2) is 24.0 Å². The van der Waals surface area contributed by atoms with Crippen LogP contribution in [0.5, 0.6) is 11.5 Å². The Labute approximate surface area is 158 Å². The summed E-state index contributed by atoms with van der Waals surface area (Å²) >= 11 is 3.42. The Morgan fingerprint density at radius 2 is 2.19 bits per heavy atom. The Kier molecular flexibility index (Phi) is 5.41. The molecule has 136 valence electrons. The van der Waals surface area contributed by atoms with Gasteiger partial charge in [-0.3, -0.25) is 14.9 Å². The highest BCUT2D eigenvalue weighted by atomic mass is 79.9. The summed E-state index contributed by atoms with van der Waals surface area (Å²) in [6.45, 7) is 2.54. The molecule has 0 fully saturated rings. The number of hydrogen-bond acceptors (Lipinski definition) is 5. The number of nitro benzene ring substituents is 1. The fourth-order valence-electron chi connectivity index (χ4n) is 2.84. The van der Waals surface area contributed by atoms with Crippen LogP contribution < -0.4 is 14.8 Å². The summed E-state index contributed by atoms with van der Waals surface area (Å²) in [5, 5.41) is 14.2. The van der Waals surface area contributed by atoms with Gasteiger partial charge in [-0.05, 0) is 37.3 Å². The molecule has 1 aliphatic heterocycles. The minimum atomic E-state index is -0.553. The van der Waals surface area contributed by atoms with Gasteiger partial charge >= 0.3 is 5.69 Å². The zero-order chi connectivity index (χ0) is 18.7. The molecule has 0 aliphatic carbocycles. The van der Waals surface area contributed by atoms with Crippen molar-refractivity contribution in [3.63, 3.8) is 0 Å². The van der Waals surface area contributed by atoms with Gasteiger partial charge in [0.05, 0.1) is 24.2 Å². The van der Waals surface area contributed by atoms with Gasteiger partial charge < -0.3 is 14.8 Å². The number of nitrogens with one attached hydrogen (secondary N) is 1. The first kappa shape index (κ1) is 18.2. The highest BCUT2D eigenvalue weighted by molar-refractivity contribution is 9.10. The second-order valence-electron chi connectivity index (χ2n) is 5.72. The second kappa shape index (κ2) is 7.74. The second-order valence-corrected chi connectivity index (χ2v) is 6.63. The smallest absolute Gasteiger partial charge is 0.311 e. The number of benzene rings is 2. The van der Waals surface area contributed by atoms with Crippen LogP contribution in [0.3, 0.4) is 0 Å². The van der Waals surface area contributed by atoms with Gasteiger partial charge in [-0.25, -0.2) is 0 Å². The number of nitrogens with zero attached hydrogens (tertiary/aromatic N) is 1. The molecule has 1 unspecified atom stereocenters. The highest BCUT2D eigenvalue weighted by Crippen LogP contribution is 2.34. The number of ether oxygens (including phenoxy) is 2. The highest BCUT2D eigenvalue weighted by Gasteiger charge is 2.25. The first-order valence-electron chi connectivity index (χ1n) is 8.14. The van der Waals surface area contributed by atoms with Crippen molar-refractivity contribution in [2.24, 2.45) is 0 Å². The molecule has 2 aromatic rings. The Hall–Kier alpha value is -2.61. The molecule has 26 heavy (non-hydrogen) atoms. The molecule has 3 rings (SSSR count). The Morgan fingerprint density at radius 1 is 1.38 bits per heavy atom. The average molecular weight is 421 g/mol. The molecule has 1 N–H and O–H groups in total. The third-order valence-corrected chi connectivity index (χ3v) is 4.53. The molecule has 0 bridgehead atoms. The number of carbonyl (C=O) groups excluding carboxylic acids is 1. The molecular weight excluding hydrogens is 404 g/mol. The number of amides is 1. The molecule has 1 atom stereocenters. The van der Waals surface area contributed by atoms with E-state index in [4.69, 9.17) is 9.47 Å². The van der Waals surface area contributed by atoms with Crippen molar-refractivity contribution in [3.05, 3.63) is 62.1 Å². The maximum absolute atomic E-state index is 12.6. The van der Waals surface area contributed by atoms with Gasteiger partial charge in [-0.2, -0.15) is 0 Å². The lowest BCUT2D eigenvalue weighted by Gasteiger charge is -2.27. The molecule has 0 saturated heterocycles. The van der Waals surface area contributed by atoms with Crippen LogP contribution in [0.1, 0.15) is 35.3 Å². The molecular formula is C18H17BrN2O5. The number of hydrogen-bond donors (Lipinski definition) is 1. The summed E-state index contributed by atoms with van der Waals surface area (Å²) in [7, 11) is 0. The first-order valence-corrected chi connectivity index (χ1v) is 8.93. The van der Waals surface area contributed by atoms with Gasteiger partial charge in [0.15, 0.2) is 5.75 Å². The van der Waals surface area contributed by atoms with Crippen LogP contribution in [0, 0.1) is 10.1 Å². The van der Waals surface area contributed by atoms with Crippen molar-refractivity contribution >= 4 is 27.5 Å². The van der Waals surface area contributed by atoms with E-state index in [1.165, 1.54) is 18.2 Å². The van der Waals surface area contributed by atoms with Crippen LogP contribution in [0.2, 0.25) is 0 Å². The van der Waals surface area contributed by atoms with E-state index < -0.39 is 4.92 Å². The van der Waals surface area contributed by atoms with Gasteiger partial charge in [0, 0.05) is 28.1 Å². The summed E-state index contributed by atoms with van der Waals surface area (Å²) in [5.74, 6) is 0.491. The Morgan fingerprint density at radius 3 is 2.92 bits per heavy atom. The van der Waals surface area contributed by atoms with Gasteiger partial charge in [0.25, 0.3) is 5.91 Å². The van der Waals surface area contributed by atoms with Crippen LogP contribution in [0.15, 0.2) is 40.9 Å². The van der Waals surface area contributed by atoms with Crippen LogP contribution >= 0.6 is 15.9 Å². The minimum Gasteiger partial charge on any atom is -0.493 e. The molecule has 1 heterocycles. The number of nitro groups is 1. The average Bonchev–Trinajstić information content (AvgIpc) is 2.62. The first-order chi connectivity index (χ1) is 12.5. The van der Waals surface area contributed by atoms with E-state index in [2.05, 4.69) is 21.2 Å². The zero-order valence-corrected chi connectivity index (χ0v) is 15.6. The predicted molar refractivity (Wildman–Crippen MR) is 98.7 cm³/mol. The van der Waals surface area contributed by atoms with E-state index in [0.717, 1.165) is 15.8 Å². The molecule has 8 heteroatoms. The summed E-state index contributed by atoms with van der Waals surface area (Å²) in [6.07, 6.45) is 0.619. The topological polar surface area (TPSA) is 90.7 Å². The van der Waals surface area contributed by atoms with E-state index in [-0.39, 0.29) is 28.9 Å².